The van der Waals surface area contributed by atoms with Gasteiger partial charge in [-0.15, -0.1) is 0 Å². The number of rotatable bonds is 4. The number of aryl methyl sites for hydroxylation is 2. The summed E-state index contributed by atoms with van der Waals surface area (Å²) >= 11 is 0. The largest absolute Gasteiger partial charge is 0.480 e. The second kappa shape index (κ2) is 6.70. The molecule has 132 valence electrons. The van der Waals surface area contributed by atoms with E-state index in [4.69, 9.17) is 4.52 Å². The molecule has 1 aliphatic rings. The molecular weight excluding hydrogens is 320 g/mol. The third-order valence-electron chi connectivity index (χ3n) is 4.93. The summed E-state index contributed by atoms with van der Waals surface area (Å²) in [5.74, 6) is -0.755. The second-order valence-corrected chi connectivity index (χ2v) is 6.70. The fourth-order valence-corrected chi connectivity index (χ4v) is 3.45. The highest BCUT2D eigenvalue weighted by Crippen LogP contribution is 2.26. The van der Waals surface area contributed by atoms with Crippen molar-refractivity contribution >= 4 is 11.9 Å². The number of carbonyl (C=O) groups is 2. The first-order valence-electron chi connectivity index (χ1n) is 8.40. The van der Waals surface area contributed by atoms with Gasteiger partial charge in [0.05, 0.1) is 5.69 Å². The quantitative estimate of drug-likeness (QED) is 0.923. The molecule has 2 aromatic rings. The molecule has 1 aliphatic heterocycles. The molecule has 25 heavy (non-hydrogen) atoms. The minimum absolute atomic E-state index is 0.151. The summed E-state index contributed by atoms with van der Waals surface area (Å²) in [4.78, 5) is 26.2. The van der Waals surface area contributed by atoms with Gasteiger partial charge >= 0.3 is 5.97 Å². The summed E-state index contributed by atoms with van der Waals surface area (Å²) in [5, 5.41) is 13.5. The summed E-state index contributed by atoms with van der Waals surface area (Å²) in [6.45, 7) is 5.83. The first-order valence-corrected chi connectivity index (χ1v) is 8.40. The van der Waals surface area contributed by atoms with Gasteiger partial charge in [0.15, 0.2) is 0 Å². The molecule has 0 bridgehead atoms. The molecule has 0 aliphatic carbocycles. The Labute approximate surface area is 146 Å². The van der Waals surface area contributed by atoms with Crippen LogP contribution in [0.1, 0.15) is 35.1 Å². The maximum absolute atomic E-state index is 13.0. The highest BCUT2D eigenvalue weighted by atomic mass is 16.5. The number of aliphatic carboxylic acids is 1. The Morgan fingerprint density at radius 3 is 2.60 bits per heavy atom. The highest BCUT2D eigenvalue weighted by Gasteiger charge is 2.36. The number of hydrogen-bond donors (Lipinski definition) is 1. The highest BCUT2D eigenvalue weighted by molar-refractivity contribution is 5.86. The topological polar surface area (TPSA) is 83.6 Å². The van der Waals surface area contributed by atoms with Crippen molar-refractivity contribution in [2.45, 2.75) is 46.2 Å². The molecule has 6 nitrogen and oxygen atoms in total. The predicted octanol–water partition coefficient (Wildman–Crippen LogP) is 2.51. The molecule has 0 fully saturated rings. The molecule has 6 heteroatoms. The van der Waals surface area contributed by atoms with E-state index in [-0.39, 0.29) is 11.8 Å². The molecule has 1 N–H and O–H groups in total. The molecule has 1 aromatic heterocycles. The molecule has 1 aromatic carbocycles. The van der Waals surface area contributed by atoms with Gasteiger partial charge in [-0.25, -0.2) is 4.79 Å². The van der Waals surface area contributed by atoms with Crippen molar-refractivity contribution in [1.82, 2.24) is 10.1 Å². The van der Waals surface area contributed by atoms with Crippen LogP contribution < -0.4 is 0 Å². The van der Waals surface area contributed by atoms with Crippen LogP contribution in [0.25, 0.3) is 0 Å². The SMILES string of the molecule is Cc1noc(C)c1CC(C)C(=O)N1Cc2ccccc2CC1C(=O)O. The Hall–Kier alpha value is -2.63. The lowest BCUT2D eigenvalue weighted by atomic mass is 9.91. The fourth-order valence-electron chi connectivity index (χ4n) is 3.45. The number of carbonyl (C=O) groups excluding carboxylic acids is 1. The number of benzene rings is 1. The van der Waals surface area contributed by atoms with Crippen molar-refractivity contribution < 1.29 is 19.2 Å². The first-order chi connectivity index (χ1) is 11.9. The van der Waals surface area contributed by atoms with Crippen LogP contribution in [0.5, 0.6) is 0 Å². The first kappa shape index (κ1) is 17.2. The molecule has 2 heterocycles. The van der Waals surface area contributed by atoms with Gasteiger partial charge in [0.2, 0.25) is 5.91 Å². The maximum atomic E-state index is 13.0. The normalized spacial score (nSPS) is 17.9. The van der Waals surface area contributed by atoms with E-state index in [1.165, 1.54) is 4.90 Å². The zero-order chi connectivity index (χ0) is 18.1. The van der Waals surface area contributed by atoms with Crippen molar-refractivity contribution in [1.29, 1.82) is 0 Å². The van der Waals surface area contributed by atoms with Gasteiger partial charge in [-0.1, -0.05) is 36.3 Å². The summed E-state index contributed by atoms with van der Waals surface area (Å²) in [6.07, 6.45) is 0.833. The molecule has 2 atom stereocenters. The van der Waals surface area contributed by atoms with Gasteiger partial charge in [0.1, 0.15) is 11.8 Å². The molecule has 0 spiro atoms. The van der Waals surface area contributed by atoms with Crippen LogP contribution in [0, 0.1) is 19.8 Å². The van der Waals surface area contributed by atoms with Gasteiger partial charge in [0, 0.05) is 24.4 Å². The number of carboxylic acid groups (broad SMARTS) is 1. The van der Waals surface area contributed by atoms with E-state index in [0.29, 0.717) is 25.1 Å². The van der Waals surface area contributed by atoms with Crippen molar-refractivity contribution in [3.8, 4) is 0 Å². The Balaban J connectivity index is 1.83. The summed E-state index contributed by atoms with van der Waals surface area (Å²) in [6, 6.07) is 6.87. The van der Waals surface area contributed by atoms with Gasteiger partial charge in [-0.3, -0.25) is 4.79 Å². The summed E-state index contributed by atoms with van der Waals surface area (Å²) in [7, 11) is 0. The molecule has 1 amide bonds. The molecule has 3 rings (SSSR count). The van der Waals surface area contributed by atoms with Gasteiger partial charge in [0.25, 0.3) is 0 Å². The smallest absolute Gasteiger partial charge is 0.326 e. The third kappa shape index (κ3) is 3.29. The lowest BCUT2D eigenvalue weighted by Gasteiger charge is -2.36. The van der Waals surface area contributed by atoms with Gasteiger partial charge in [-0.2, -0.15) is 0 Å². The lowest BCUT2D eigenvalue weighted by molar-refractivity contribution is -0.153. The van der Waals surface area contributed by atoms with Gasteiger partial charge < -0.3 is 14.5 Å². The minimum atomic E-state index is -0.965. The molecule has 0 saturated carbocycles. The summed E-state index contributed by atoms with van der Waals surface area (Å²) < 4.78 is 5.16. The van der Waals surface area contributed by atoms with E-state index in [0.717, 1.165) is 22.4 Å². The van der Waals surface area contributed by atoms with Crippen LogP contribution in [0.2, 0.25) is 0 Å². The zero-order valence-corrected chi connectivity index (χ0v) is 14.7. The van der Waals surface area contributed by atoms with Crippen molar-refractivity contribution in [3.05, 3.63) is 52.4 Å². The van der Waals surface area contributed by atoms with E-state index in [1.807, 2.05) is 45.0 Å². The Morgan fingerprint density at radius 2 is 2.00 bits per heavy atom. The van der Waals surface area contributed by atoms with Gasteiger partial charge in [-0.05, 0) is 31.4 Å². The molecule has 2 unspecified atom stereocenters. The van der Waals surface area contributed by atoms with E-state index in [2.05, 4.69) is 5.16 Å². The van der Waals surface area contributed by atoms with Crippen LogP contribution in [-0.2, 0) is 29.0 Å². The number of fused-ring (bicyclic) bond motifs is 1. The summed E-state index contributed by atoms with van der Waals surface area (Å²) in [5.41, 5.74) is 3.70. The molecular formula is C19H22N2O4. The van der Waals surface area contributed by atoms with E-state index in [1.54, 1.807) is 0 Å². The predicted molar refractivity (Wildman–Crippen MR) is 91.0 cm³/mol. The van der Waals surface area contributed by atoms with E-state index < -0.39 is 12.0 Å². The molecule has 0 saturated heterocycles. The van der Waals surface area contributed by atoms with Crippen LogP contribution >= 0.6 is 0 Å². The van der Waals surface area contributed by atoms with E-state index >= 15 is 0 Å². The minimum Gasteiger partial charge on any atom is -0.480 e. The van der Waals surface area contributed by atoms with Crippen molar-refractivity contribution in [2.75, 3.05) is 0 Å². The van der Waals surface area contributed by atoms with Crippen LogP contribution in [-0.4, -0.2) is 33.1 Å². The average molecular weight is 342 g/mol. The number of nitrogens with zero attached hydrogens (tertiary/aromatic N) is 2. The maximum Gasteiger partial charge on any atom is 0.326 e. The van der Waals surface area contributed by atoms with Crippen LogP contribution in [0.3, 0.4) is 0 Å². The second-order valence-electron chi connectivity index (χ2n) is 6.70. The number of aromatic nitrogens is 1. The molecule has 0 radical (unpaired) electrons. The van der Waals surface area contributed by atoms with E-state index in [9.17, 15) is 14.7 Å². The third-order valence-corrected chi connectivity index (χ3v) is 4.93. The number of hydrogen-bond acceptors (Lipinski definition) is 4. The Morgan fingerprint density at radius 1 is 1.32 bits per heavy atom. The Kier molecular flexibility index (Phi) is 4.61. The Bertz CT molecular complexity index is 792. The standard InChI is InChI=1S/C19H22N2O4/c1-11(8-16-12(2)20-25-13(16)3)18(22)21-10-15-7-5-4-6-14(15)9-17(21)19(23)24/h4-7,11,17H,8-10H2,1-3H3,(H,23,24). The average Bonchev–Trinajstić information content (AvgIpc) is 2.91. The van der Waals surface area contributed by atoms with Crippen molar-refractivity contribution in [2.24, 2.45) is 5.92 Å². The van der Waals surface area contributed by atoms with Crippen LogP contribution in [0.4, 0.5) is 0 Å². The zero-order valence-electron chi connectivity index (χ0n) is 14.7. The van der Waals surface area contributed by atoms with Crippen molar-refractivity contribution in [3.63, 3.8) is 0 Å². The monoisotopic (exact) mass is 342 g/mol. The number of amides is 1. The number of carboxylic acids is 1. The van der Waals surface area contributed by atoms with Crippen LogP contribution in [0.15, 0.2) is 28.8 Å². The lowest BCUT2D eigenvalue weighted by Crippen LogP contribution is -2.50. The fraction of sp³-hybridized carbons (Fsp3) is 0.421.